The summed E-state index contributed by atoms with van der Waals surface area (Å²) in [6, 6.07) is 7.18. The first-order chi connectivity index (χ1) is 9.84. The summed E-state index contributed by atoms with van der Waals surface area (Å²) in [5.74, 6) is 1.29. The maximum absolute atomic E-state index is 14.1. The van der Waals surface area contributed by atoms with Gasteiger partial charge in [-0.15, -0.1) is 0 Å². The fourth-order valence-corrected chi connectivity index (χ4v) is 3.15. The van der Waals surface area contributed by atoms with E-state index in [0.717, 1.165) is 11.4 Å². The number of nitrogens with zero attached hydrogens (tertiary/aromatic N) is 1. The number of nitrogens with one attached hydrogen (secondary N) is 2. The van der Waals surface area contributed by atoms with Crippen molar-refractivity contribution in [2.24, 2.45) is 5.92 Å². The molecule has 0 spiro atoms. The minimum absolute atomic E-state index is 0.0730. The third kappa shape index (κ3) is 2.90. The first-order valence-electron chi connectivity index (χ1n) is 7.30. The molecule has 4 heteroatoms. The number of aromatic nitrogens is 2. The van der Waals surface area contributed by atoms with Gasteiger partial charge in [-0.25, -0.2) is 9.37 Å². The van der Waals surface area contributed by atoms with Crippen molar-refractivity contribution in [3.8, 4) is 0 Å². The Hall–Kier alpha value is -1.68. The fraction of sp³-hybridized carbons (Fsp3) is 0.438. The van der Waals surface area contributed by atoms with Gasteiger partial charge < -0.3 is 10.3 Å². The molecule has 0 bridgehead atoms. The molecule has 0 amide bonds. The molecule has 1 aromatic carbocycles. The summed E-state index contributed by atoms with van der Waals surface area (Å²) >= 11 is 0. The monoisotopic (exact) mass is 273 g/mol. The lowest BCUT2D eigenvalue weighted by molar-refractivity contribution is 0.352. The van der Waals surface area contributed by atoms with Crippen molar-refractivity contribution >= 4 is 0 Å². The van der Waals surface area contributed by atoms with Gasteiger partial charge >= 0.3 is 0 Å². The summed E-state index contributed by atoms with van der Waals surface area (Å²) in [6.45, 7) is 0.641. The molecule has 1 aliphatic carbocycles. The molecule has 2 aromatic rings. The molecular weight excluding hydrogens is 253 g/mol. The number of hydrogen-bond acceptors (Lipinski definition) is 2. The van der Waals surface area contributed by atoms with Crippen LogP contribution in [0.1, 0.15) is 43.1 Å². The summed E-state index contributed by atoms with van der Waals surface area (Å²) in [4.78, 5) is 7.30. The van der Waals surface area contributed by atoms with Gasteiger partial charge in [0.1, 0.15) is 11.6 Å². The zero-order valence-electron chi connectivity index (χ0n) is 11.5. The van der Waals surface area contributed by atoms with Gasteiger partial charge in [0.25, 0.3) is 0 Å². The standard InChI is InChI=1S/C16H20FN3/c17-14-8-4-3-7-13(14)16(12-5-1-2-6-12)20-11-15-18-9-10-19-15/h3-4,7-10,12,16,20H,1-2,5-6,11H2,(H,18,19). The molecule has 0 saturated heterocycles. The van der Waals surface area contributed by atoms with Gasteiger partial charge in [0.15, 0.2) is 0 Å². The Labute approximate surface area is 118 Å². The number of H-pyrrole nitrogens is 1. The van der Waals surface area contributed by atoms with E-state index in [2.05, 4.69) is 15.3 Å². The Morgan fingerprint density at radius 3 is 2.80 bits per heavy atom. The van der Waals surface area contributed by atoms with Gasteiger partial charge in [0.2, 0.25) is 0 Å². The molecule has 1 aliphatic rings. The van der Waals surface area contributed by atoms with E-state index in [0.29, 0.717) is 12.5 Å². The second-order valence-corrected chi connectivity index (χ2v) is 5.46. The summed E-state index contributed by atoms with van der Waals surface area (Å²) in [5.41, 5.74) is 0.783. The molecular formula is C16H20FN3. The van der Waals surface area contributed by atoms with Crippen LogP contribution in [0.3, 0.4) is 0 Å². The van der Waals surface area contributed by atoms with Crippen LogP contribution >= 0.6 is 0 Å². The molecule has 3 rings (SSSR count). The van der Waals surface area contributed by atoms with E-state index in [-0.39, 0.29) is 11.9 Å². The zero-order valence-corrected chi connectivity index (χ0v) is 11.5. The van der Waals surface area contributed by atoms with Crippen molar-refractivity contribution in [1.82, 2.24) is 15.3 Å². The van der Waals surface area contributed by atoms with Gasteiger partial charge in [-0.2, -0.15) is 0 Å². The fourth-order valence-electron chi connectivity index (χ4n) is 3.15. The highest BCUT2D eigenvalue weighted by atomic mass is 19.1. The van der Waals surface area contributed by atoms with Crippen LogP contribution in [0.4, 0.5) is 4.39 Å². The lowest BCUT2D eigenvalue weighted by atomic mass is 9.91. The van der Waals surface area contributed by atoms with Crippen LogP contribution in [0.25, 0.3) is 0 Å². The Bertz CT molecular complexity index is 532. The third-order valence-corrected chi connectivity index (χ3v) is 4.16. The van der Waals surface area contributed by atoms with Crippen molar-refractivity contribution in [2.45, 2.75) is 38.3 Å². The van der Waals surface area contributed by atoms with Crippen LogP contribution in [0, 0.1) is 11.7 Å². The van der Waals surface area contributed by atoms with Crippen molar-refractivity contribution in [2.75, 3.05) is 0 Å². The molecule has 1 heterocycles. The topological polar surface area (TPSA) is 40.7 Å². The first-order valence-corrected chi connectivity index (χ1v) is 7.30. The van der Waals surface area contributed by atoms with E-state index in [9.17, 15) is 4.39 Å². The van der Waals surface area contributed by atoms with Crippen LogP contribution < -0.4 is 5.32 Å². The molecule has 3 nitrogen and oxygen atoms in total. The lowest BCUT2D eigenvalue weighted by Crippen LogP contribution is -2.28. The Morgan fingerprint density at radius 2 is 2.10 bits per heavy atom. The van der Waals surface area contributed by atoms with Crippen molar-refractivity contribution in [3.63, 3.8) is 0 Å². The zero-order chi connectivity index (χ0) is 13.8. The van der Waals surface area contributed by atoms with E-state index < -0.39 is 0 Å². The van der Waals surface area contributed by atoms with Crippen molar-refractivity contribution in [1.29, 1.82) is 0 Å². The van der Waals surface area contributed by atoms with Crippen LogP contribution in [-0.2, 0) is 6.54 Å². The van der Waals surface area contributed by atoms with Gasteiger partial charge in [-0.05, 0) is 24.8 Å². The van der Waals surface area contributed by atoms with Crippen LogP contribution in [0.15, 0.2) is 36.7 Å². The van der Waals surface area contributed by atoms with Crippen LogP contribution in [-0.4, -0.2) is 9.97 Å². The molecule has 1 fully saturated rings. The third-order valence-electron chi connectivity index (χ3n) is 4.16. The van der Waals surface area contributed by atoms with E-state index in [1.54, 1.807) is 18.3 Å². The molecule has 20 heavy (non-hydrogen) atoms. The van der Waals surface area contributed by atoms with Gasteiger partial charge in [-0.1, -0.05) is 31.0 Å². The second-order valence-electron chi connectivity index (χ2n) is 5.46. The normalized spacial score (nSPS) is 17.4. The number of halogens is 1. The molecule has 0 radical (unpaired) electrons. The minimum Gasteiger partial charge on any atom is -0.348 e. The molecule has 1 saturated carbocycles. The average Bonchev–Trinajstić information content (AvgIpc) is 3.14. The molecule has 1 atom stereocenters. The number of rotatable bonds is 5. The second kappa shape index (κ2) is 6.18. The highest BCUT2D eigenvalue weighted by Gasteiger charge is 2.27. The van der Waals surface area contributed by atoms with Crippen LogP contribution in [0.5, 0.6) is 0 Å². The Balaban J connectivity index is 1.78. The SMILES string of the molecule is Fc1ccccc1C(NCc1ncc[nH]1)C1CCCC1. The molecule has 1 unspecified atom stereocenters. The van der Waals surface area contributed by atoms with E-state index in [1.807, 2.05) is 18.3 Å². The lowest BCUT2D eigenvalue weighted by Gasteiger charge is -2.25. The number of imidazole rings is 1. The van der Waals surface area contributed by atoms with Crippen molar-refractivity contribution in [3.05, 3.63) is 53.9 Å². The molecule has 2 N–H and O–H groups in total. The van der Waals surface area contributed by atoms with E-state index in [4.69, 9.17) is 0 Å². The quantitative estimate of drug-likeness (QED) is 0.874. The van der Waals surface area contributed by atoms with E-state index >= 15 is 0 Å². The summed E-state index contributed by atoms with van der Waals surface area (Å²) in [6.07, 6.45) is 8.39. The summed E-state index contributed by atoms with van der Waals surface area (Å²) < 4.78 is 14.1. The highest BCUT2D eigenvalue weighted by Crippen LogP contribution is 2.36. The summed E-state index contributed by atoms with van der Waals surface area (Å²) in [7, 11) is 0. The Kier molecular flexibility index (Phi) is 4.11. The largest absolute Gasteiger partial charge is 0.348 e. The van der Waals surface area contributed by atoms with Crippen LogP contribution in [0.2, 0.25) is 0 Å². The van der Waals surface area contributed by atoms with Gasteiger partial charge in [-0.3, -0.25) is 0 Å². The molecule has 1 aromatic heterocycles. The maximum atomic E-state index is 14.1. The number of benzene rings is 1. The smallest absolute Gasteiger partial charge is 0.127 e. The van der Waals surface area contributed by atoms with Crippen molar-refractivity contribution < 1.29 is 4.39 Å². The molecule has 106 valence electrons. The first kappa shape index (κ1) is 13.3. The summed E-state index contributed by atoms with van der Waals surface area (Å²) in [5, 5.41) is 3.49. The minimum atomic E-state index is -0.114. The average molecular weight is 273 g/mol. The maximum Gasteiger partial charge on any atom is 0.127 e. The molecule has 0 aliphatic heterocycles. The predicted octanol–water partition coefficient (Wildman–Crippen LogP) is 3.57. The number of aromatic amines is 1. The highest BCUT2D eigenvalue weighted by molar-refractivity contribution is 5.22. The van der Waals surface area contributed by atoms with Gasteiger partial charge in [0.05, 0.1) is 6.54 Å². The van der Waals surface area contributed by atoms with Gasteiger partial charge in [0, 0.05) is 24.0 Å². The Morgan fingerprint density at radius 1 is 1.30 bits per heavy atom. The predicted molar refractivity (Wildman–Crippen MR) is 76.5 cm³/mol. The van der Waals surface area contributed by atoms with E-state index in [1.165, 1.54) is 25.7 Å². The number of hydrogen-bond donors (Lipinski definition) is 2.